The van der Waals surface area contributed by atoms with E-state index >= 15 is 0 Å². The Morgan fingerprint density at radius 3 is 3.08 bits per heavy atom. The number of thiophene rings is 1. The molecule has 1 atom stereocenters. The number of nitriles is 1. The van der Waals surface area contributed by atoms with Crippen LogP contribution in [0.15, 0.2) is 16.8 Å². The molecular weight excluding hydrogens is 184 g/mol. The van der Waals surface area contributed by atoms with E-state index in [9.17, 15) is 4.79 Å². The van der Waals surface area contributed by atoms with Gasteiger partial charge in [-0.25, -0.2) is 0 Å². The summed E-state index contributed by atoms with van der Waals surface area (Å²) < 4.78 is 0. The summed E-state index contributed by atoms with van der Waals surface area (Å²) in [6, 6.07) is 3.37. The molecule has 0 aliphatic heterocycles. The highest BCUT2D eigenvalue weighted by atomic mass is 32.1. The predicted molar refractivity (Wildman–Crippen MR) is 51.5 cm³/mol. The summed E-state index contributed by atoms with van der Waals surface area (Å²) in [6.07, 6.45) is 0.631. The van der Waals surface area contributed by atoms with Crippen molar-refractivity contribution in [2.24, 2.45) is 0 Å². The van der Waals surface area contributed by atoms with E-state index in [0.717, 1.165) is 0 Å². The zero-order valence-corrected chi connectivity index (χ0v) is 8.10. The molecule has 1 unspecified atom stereocenters. The lowest BCUT2D eigenvalue weighted by Crippen LogP contribution is -2.32. The number of hydrogen-bond donors (Lipinski definition) is 1. The molecule has 0 bridgehead atoms. The summed E-state index contributed by atoms with van der Waals surface area (Å²) in [5.74, 6) is -0.172. The molecule has 1 N–H and O–H groups in total. The molecule has 0 aliphatic rings. The smallest absolute Gasteiger partial charge is 0.253 e. The average molecular weight is 194 g/mol. The Balaban J connectivity index is 2.57. The zero-order chi connectivity index (χ0) is 9.68. The summed E-state index contributed by atoms with van der Waals surface area (Å²) >= 11 is 1.47. The van der Waals surface area contributed by atoms with Crippen molar-refractivity contribution in [2.45, 2.75) is 19.4 Å². The quantitative estimate of drug-likeness (QED) is 0.797. The third-order valence-corrected chi connectivity index (χ3v) is 2.34. The van der Waals surface area contributed by atoms with Crippen LogP contribution in [-0.2, 0) is 0 Å². The molecule has 0 saturated heterocycles. The van der Waals surface area contributed by atoms with E-state index in [-0.39, 0.29) is 11.9 Å². The van der Waals surface area contributed by atoms with Gasteiger partial charge in [-0.15, -0.1) is 0 Å². The van der Waals surface area contributed by atoms with Gasteiger partial charge in [0.05, 0.1) is 11.6 Å². The van der Waals surface area contributed by atoms with Crippen molar-refractivity contribution < 1.29 is 4.79 Å². The van der Waals surface area contributed by atoms with Crippen molar-refractivity contribution >= 4 is 17.2 Å². The van der Waals surface area contributed by atoms with Gasteiger partial charge in [-0.3, -0.25) is 4.79 Å². The molecule has 1 heterocycles. The molecule has 1 aromatic rings. The Labute approximate surface area is 81.0 Å². The van der Waals surface area contributed by atoms with Gasteiger partial charge >= 0.3 is 0 Å². The first-order chi connectivity index (χ1) is 6.27. The van der Waals surface area contributed by atoms with E-state index in [4.69, 9.17) is 5.26 Å². The van der Waals surface area contributed by atoms with Crippen molar-refractivity contribution in [3.8, 4) is 6.07 Å². The lowest BCUT2D eigenvalue weighted by molar-refractivity contribution is 0.0945. The molecule has 0 saturated carbocycles. The molecule has 4 heteroatoms. The molecule has 3 nitrogen and oxygen atoms in total. The van der Waals surface area contributed by atoms with Crippen LogP contribution < -0.4 is 5.32 Å². The molecule has 68 valence electrons. The molecule has 13 heavy (non-hydrogen) atoms. The van der Waals surface area contributed by atoms with E-state index in [1.54, 1.807) is 11.4 Å². The maximum absolute atomic E-state index is 11.4. The van der Waals surface area contributed by atoms with Gasteiger partial charge in [0.1, 0.15) is 6.04 Å². The van der Waals surface area contributed by atoms with Crippen LogP contribution in [0.4, 0.5) is 0 Å². The third-order valence-electron chi connectivity index (χ3n) is 1.65. The van der Waals surface area contributed by atoms with Gasteiger partial charge < -0.3 is 5.32 Å². The summed E-state index contributed by atoms with van der Waals surface area (Å²) in [5.41, 5.74) is 0.624. The Kier molecular flexibility index (Phi) is 3.47. The second kappa shape index (κ2) is 4.63. The van der Waals surface area contributed by atoms with Crippen LogP contribution in [-0.4, -0.2) is 11.9 Å². The van der Waals surface area contributed by atoms with Crippen LogP contribution in [0, 0.1) is 11.3 Å². The lowest BCUT2D eigenvalue weighted by Gasteiger charge is -2.07. The molecule has 0 aliphatic carbocycles. The van der Waals surface area contributed by atoms with E-state index in [2.05, 4.69) is 5.32 Å². The van der Waals surface area contributed by atoms with E-state index < -0.39 is 0 Å². The molecule has 0 aromatic carbocycles. The Hall–Kier alpha value is -1.34. The van der Waals surface area contributed by atoms with Gasteiger partial charge in [0, 0.05) is 5.38 Å². The molecule has 1 rings (SSSR count). The second-order valence-electron chi connectivity index (χ2n) is 2.58. The summed E-state index contributed by atoms with van der Waals surface area (Å²) in [5, 5.41) is 14.8. The fraction of sp³-hybridized carbons (Fsp3) is 0.333. The minimum absolute atomic E-state index is 0.172. The van der Waals surface area contributed by atoms with Crippen LogP contribution in [0.5, 0.6) is 0 Å². The maximum atomic E-state index is 11.4. The highest BCUT2D eigenvalue weighted by Gasteiger charge is 2.10. The number of carbonyl (C=O) groups excluding carboxylic acids is 1. The molecule has 1 amide bonds. The molecule has 0 radical (unpaired) electrons. The van der Waals surface area contributed by atoms with Gasteiger partial charge in [-0.2, -0.15) is 16.6 Å². The summed E-state index contributed by atoms with van der Waals surface area (Å²) in [4.78, 5) is 11.4. The molecule has 0 spiro atoms. The Bertz CT molecular complexity index is 313. The summed E-state index contributed by atoms with van der Waals surface area (Å²) in [7, 11) is 0. The SMILES string of the molecule is CCC(C#N)NC(=O)c1ccsc1. The van der Waals surface area contributed by atoms with Gasteiger partial charge in [0.2, 0.25) is 0 Å². The Morgan fingerprint density at radius 2 is 2.62 bits per heavy atom. The first kappa shape index (κ1) is 9.75. The first-order valence-electron chi connectivity index (χ1n) is 4.00. The van der Waals surface area contributed by atoms with Crippen LogP contribution in [0.3, 0.4) is 0 Å². The zero-order valence-electron chi connectivity index (χ0n) is 7.28. The van der Waals surface area contributed by atoms with E-state index in [1.165, 1.54) is 11.3 Å². The topological polar surface area (TPSA) is 52.9 Å². The average Bonchev–Trinajstić information content (AvgIpc) is 2.66. The highest BCUT2D eigenvalue weighted by Crippen LogP contribution is 2.05. The van der Waals surface area contributed by atoms with E-state index in [1.807, 2.05) is 18.4 Å². The highest BCUT2D eigenvalue weighted by molar-refractivity contribution is 7.08. The molecule has 0 fully saturated rings. The number of nitrogens with one attached hydrogen (secondary N) is 1. The Morgan fingerprint density at radius 1 is 1.85 bits per heavy atom. The van der Waals surface area contributed by atoms with Crippen molar-refractivity contribution in [2.75, 3.05) is 0 Å². The van der Waals surface area contributed by atoms with Gasteiger partial charge in [-0.05, 0) is 17.9 Å². The fourth-order valence-corrected chi connectivity index (χ4v) is 1.50. The predicted octanol–water partition coefficient (Wildman–Crippen LogP) is 1.78. The normalized spacial score (nSPS) is 11.7. The monoisotopic (exact) mass is 194 g/mol. The van der Waals surface area contributed by atoms with Crippen LogP contribution in [0.2, 0.25) is 0 Å². The number of amides is 1. The van der Waals surface area contributed by atoms with Crippen LogP contribution in [0.1, 0.15) is 23.7 Å². The number of hydrogen-bond acceptors (Lipinski definition) is 3. The first-order valence-corrected chi connectivity index (χ1v) is 4.95. The number of rotatable bonds is 3. The van der Waals surface area contributed by atoms with Crippen molar-refractivity contribution in [3.05, 3.63) is 22.4 Å². The largest absolute Gasteiger partial charge is 0.336 e. The third kappa shape index (κ3) is 2.56. The van der Waals surface area contributed by atoms with Crippen LogP contribution >= 0.6 is 11.3 Å². The van der Waals surface area contributed by atoms with Gasteiger partial charge in [0.25, 0.3) is 5.91 Å². The minimum Gasteiger partial charge on any atom is -0.336 e. The number of carbonyl (C=O) groups is 1. The molecular formula is C9H10N2OS. The minimum atomic E-state index is -0.382. The standard InChI is InChI=1S/C9H10N2OS/c1-2-8(5-10)11-9(12)7-3-4-13-6-7/h3-4,6,8H,2H2,1H3,(H,11,12). The van der Waals surface area contributed by atoms with Gasteiger partial charge in [0.15, 0.2) is 0 Å². The molecule has 1 aromatic heterocycles. The van der Waals surface area contributed by atoms with Crippen molar-refractivity contribution in [1.29, 1.82) is 5.26 Å². The van der Waals surface area contributed by atoms with E-state index in [0.29, 0.717) is 12.0 Å². The van der Waals surface area contributed by atoms with Gasteiger partial charge in [-0.1, -0.05) is 6.92 Å². The summed E-state index contributed by atoms with van der Waals surface area (Å²) in [6.45, 7) is 1.86. The fourth-order valence-electron chi connectivity index (χ4n) is 0.861. The maximum Gasteiger partial charge on any atom is 0.253 e. The number of nitrogens with zero attached hydrogens (tertiary/aromatic N) is 1. The lowest BCUT2D eigenvalue weighted by atomic mass is 10.2. The van der Waals surface area contributed by atoms with Crippen molar-refractivity contribution in [3.63, 3.8) is 0 Å². The second-order valence-corrected chi connectivity index (χ2v) is 3.36. The van der Waals surface area contributed by atoms with Crippen molar-refractivity contribution in [1.82, 2.24) is 5.32 Å². The van der Waals surface area contributed by atoms with Crippen LogP contribution in [0.25, 0.3) is 0 Å².